The maximum Gasteiger partial charge on any atom is 0.270 e. The van der Waals surface area contributed by atoms with Gasteiger partial charge in [0.05, 0.1) is 10.6 Å². The zero-order valence-electron chi connectivity index (χ0n) is 20.1. The molecular formula is C30H22N2O4S2. The summed E-state index contributed by atoms with van der Waals surface area (Å²) in [5, 5.41) is 2.77. The number of rotatable bonds is 8. The number of ether oxygens (including phenoxy) is 2. The first-order chi connectivity index (χ1) is 18.5. The van der Waals surface area contributed by atoms with E-state index in [2.05, 4.69) is 5.32 Å². The summed E-state index contributed by atoms with van der Waals surface area (Å²) in [6.45, 7) is -0.109. The van der Waals surface area contributed by atoms with Gasteiger partial charge in [0.15, 0.2) is 10.9 Å². The van der Waals surface area contributed by atoms with Crippen LogP contribution in [0.1, 0.15) is 5.56 Å². The number of nitrogens with zero attached hydrogens (tertiary/aromatic N) is 1. The number of carbonyl (C=O) groups is 2. The predicted molar refractivity (Wildman–Crippen MR) is 156 cm³/mol. The summed E-state index contributed by atoms with van der Waals surface area (Å²) < 4.78 is 11.9. The van der Waals surface area contributed by atoms with E-state index in [1.807, 2.05) is 97.1 Å². The molecule has 0 spiro atoms. The Morgan fingerprint density at radius 3 is 2.11 bits per heavy atom. The van der Waals surface area contributed by atoms with Gasteiger partial charge in [-0.25, -0.2) is 0 Å². The van der Waals surface area contributed by atoms with Crippen molar-refractivity contribution in [1.82, 2.24) is 0 Å². The van der Waals surface area contributed by atoms with E-state index in [0.717, 1.165) is 11.3 Å². The third kappa shape index (κ3) is 6.29. The average Bonchev–Trinajstić information content (AvgIpc) is 3.22. The quantitative estimate of drug-likeness (QED) is 0.194. The zero-order valence-corrected chi connectivity index (χ0v) is 21.7. The van der Waals surface area contributed by atoms with E-state index in [4.69, 9.17) is 21.7 Å². The minimum Gasteiger partial charge on any atom is -0.484 e. The van der Waals surface area contributed by atoms with Gasteiger partial charge in [0.1, 0.15) is 17.2 Å². The Balaban J connectivity index is 1.19. The fourth-order valence-electron chi connectivity index (χ4n) is 3.66. The molecular weight excluding hydrogens is 516 g/mol. The molecule has 1 N–H and O–H groups in total. The summed E-state index contributed by atoms with van der Waals surface area (Å²) in [7, 11) is 0. The maximum atomic E-state index is 13.1. The molecule has 0 bridgehead atoms. The molecule has 38 heavy (non-hydrogen) atoms. The fraction of sp³-hybridized carbons (Fsp3) is 0.0333. The van der Waals surface area contributed by atoms with Gasteiger partial charge in [-0.3, -0.25) is 14.5 Å². The van der Waals surface area contributed by atoms with Crippen molar-refractivity contribution < 1.29 is 19.1 Å². The Kier molecular flexibility index (Phi) is 7.82. The lowest BCUT2D eigenvalue weighted by Gasteiger charge is -2.15. The minimum atomic E-state index is -0.247. The average molecular weight is 539 g/mol. The van der Waals surface area contributed by atoms with E-state index in [9.17, 15) is 9.59 Å². The summed E-state index contributed by atoms with van der Waals surface area (Å²) in [4.78, 5) is 27.3. The summed E-state index contributed by atoms with van der Waals surface area (Å²) in [5.74, 6) is 1.52. The summed E-state index contributed by atoms with van der Waals surface area (Å²) in [5.41, 5.74) is 2.21. The molecule has 1 aliphatic rings. The van der Waals surface area contributed by atoms with Crippen molar-refractivity contribution in [2.45, 2.75) is 0 Å². The van der Waals surface area contributed by atoms with E-state index in [1.54, 1.807) is 18.2 Å². The Morgan fingerprint density at radius 2 is 1.42 bits per heavy atom. The molecule has 1 fully saturated rings. The van der Waals surface area contributed by atoms with Crippen LogP contribution in [0.15, 0.2) is 114 Å². The van der Waals surface area contributed by atoms with Crippen LogP contribution in [0.5, 0.6) is 17.2 Å². The van der Waals surface area contributed by atoms with Gasteiger partial charge in [-0.1, -0.05) is 72.5 Å². The molecule has 0 saturated carbocycles. The van der Waals surface area contributed by atoms with Crippen LogP contribution >= 0.6 is 24.0 Å². The van der Waals surface area contributed by atoms with Crippen LogP contribution < -0.4 is 19.7 Å². The Labute approximate surface area is 229 Å². The van der Waals surface area contributed by atoms with Crippen molar-refractivity contribution in [2.75, 3.05) is 16.8 Å². The predicted octanol–water partition coefficient (Wildman–Crippen LogP) is 6.90. The van der Waals surface area contributed by atoms with Gasteiger partial charge < -0.3 is 14.8 Å². The van der Waals surface area contributed by atoms with Crippen LogP contribution in [0.2, 0.25) is 0 Å². The molecule has 0 radical (unpaired) electrons. The van der Waals surface area contributed by atoms with Crippen LogP contribution in [0, 0.1) is 0 Å². The minimum absolute atomic E-state index is 0.109. The summed E-state index contributed by atoms with van der Waals surface area (Å²) >= 11 is 6.75. The van der Waals surface area contributed by atoms with Crippen molar-refractivity contribution in [3.8, 4) is 17.2 Å². The Morgan fingerprint density at radius 1 is 0.816 bits per heavy atom. The topological polar surface area (TPSA) is 67.9 Å². The van der Waals surface area contributed by atoms with Crippen LogP contribution in [0.25, 0.3) is 6.08 Å². The van der Waals surface area contributed by atoms with E-state index in [-0.39, 0.29) is 18.4 Å². The second kappa shape index (κ2) is 11.8. The standard InChI is InChI=1S/C30H22N2O4S2/c33-28(31-22-7-3-1-4-8-22)20-35-24-15-11-21(12-16-24)19-27-29(34)32(30(37)38-27)23-13-17-26(18-14-23)36-25-9-5-2-6-10-25/h1-19H,20H2,(H,31,33)/b27-19-. The maximum absolute atomic E-state index is 13.1. The van der Waals surface area contributed by atoms with Crippen LogP contribution in [0.4, 0.5) is 11.4 Å². The second-order valence-corrected chi connectivity index (χ2v) is 9.87. The number of nitrogens with one attached hydrogen (secondary N) is 1. The highest BCUT2D eigenvalue weighted by Crippen LogP contribution is 2.37. The lowest BCUT2D eigenvalue weighted by atomic mass is 10.2. The van der Waals surface area contributed by atoms with Gasteiger partial charge in [-0.2, -0.15) is 0 Å². The van der Waals surface area contributed by atoms with Crippen LogP contribution in [-0.4, -0.2) is 22.7 Å². The monoisotopic (exact) mass is 538 g/mol. The van der Waals surface area contributed by atoms with E-state index < -0.39 is 0 Å². The molecule has 8 heteroatoms. The number of amides is 2. The first-order valence-electron chi connectivity index (χ1n) is 11.7. The number of hydrogen-bond acceptors (Lipinski definition) is 6. The SMILES string of the molecule is O=C(COc1ccc(/C=C2\SC(=S)N(c3ccc(Oc4ccccc4)cc3)C2=O)cc1)Nc1ccccc1. The molecule has 2 amide bonds. The number of carbonyl (C=O) groups excluding carboxylic acids is 2. The summed E-state index contributed by atoms with van der Waals surface area (Å²) in [6, 6.07) is 33.1. The summed E-state index contributed by atoms with van der Waals surface area (Å²) in [6.07, 6.45) is 1.79. The number of anilines is 2. The Bertz CT molecular complexity index is 1470. The van der Waals surface area contributed by atoms with Crippen molar-refractivity contribution in [3.05, 3.63) is 120 Å². The molecule has 4 aromatic carbocycles. The first kappa shape index (κ1) is 25.3. The fourth-order valence-corrected chi connectivity index (χ4v) is 4.96. The third-order valence-electron chi connectivity index (χ3n) is 5.47. The van der Waals surface area contributed by atoms with Crippen LogP contribution in [0.3, 0.4) is 0 Å². The molecule has 0 aromatic heterocycles. The number of thiocarbonyl (C=S) groups is 1. The highest BCUT2D eigenvalue weighted by Gasteiger charge is 2.33. The number of para-hydroxylation sites is 2. The molecule has 4 aromatic rings. The molecule has 188 valence electrons. The van der Waals surface area contributed by atoms with Gasteiger partial charge in [0.25, 0.3) is 11.8 Å². The van der Waals surface area contributed by atoms with Gasteiger partial charge in [-0.05, 0) is 72.3 Å². The number of benzene rings is 4. The van der Waals surface area contributed by atoms with Crippen LogP contribution in [-0.2, 0) is 9.59 Å². The van der Waals surface area contributed by atoms with Gasteiger partial charge >= 0.3 is 0 Å². The van der Waals surface area contributed by atoms with E-state index in [1.165, 1.54) is 16.7 Å². The first-order valence-corrected chi connectivity index (χ1v) is 13.0. The van der Waals surface area contributed by atoms with Crippen molar-refractivity contribution >= 4 is 57.6 Å². The largest absolute Gasteiger partial charge is 0.484 e. The van der Waals surface area contributed by atoms with Gasteiger partial charge in [0, 0.05) is 5.69 Å². The smallest absolute Gasteiger partial charge is 0.270 e. The molecule has 5 rings (SSSR count). The number of hydrogen-bond donors (Lipinski definition) is 1. The normalized spacial score (nSPS) is 14.0. The van der Waals surface area contributed by atoms with Crippen molar-refractivity contribution in [3.63, 3.8) is 0 Å². The molecule has 6 nitrogen and oxygen atoms in total. The third-order valence-corrected chi connectivity index (χ3v) is 6.78. The van der Waals surface area contributed by atoms with Gasteiger partial charge in [-0.15, -0.1) is 0 Å². The molecule has 0 unspecified atom stereocenters. The van der Waals surface area contributed by atoms with E-state index >= 15 is 0 Å². The second-order valence-electron chi connectivity index (χ2n) is 8.20. The zero-order chi connectivity index (χ0) is 26.3. The highest BCUT2D eigenvalue weighted by molar-refractivity contribution is 8.27. The molecule has 1 heterocycles. The molecule has 0 atom stereocenters. The van der Waals surface area contributed by atoms with Gasteiger partial charge in [0.2, 0.25) is 0 Å². The number of thioether (sulfide) groups is 1. The lowest BCUT2D eigenvalue weighted by molar-refractivity contribution is -0.118. The molecule has 1 aliphatic heterocycles. The Hall–Kier alpha value is -4.40. The van der Waals surface area contributed by atoms with Crippen molar-refractivity contribution in [2.24, 2.45) is 0 Å². The molecule has 0 aliphatic carbocycles. The molecule has 1 saturated heterocycles. The highest BCUT2D eigenvalue weighted by atomic mass is 32.2. The van der Waals surface area contributed by atoms with E-state index in [0.29, 0.717) is 32.1 Å². The van der Waals surface area contributed by atoms with Crippen molar-refractivity contribution in [1.29, 1.82) is 0 Å². The lowest BCUT2D eigenvalue weighted by Crippen LogP contribution is -2.27.